The van der Waals surface area contributed by atoms with Crippen LogP contribution in [0.2, 0.25) is 0 Å². The first-order chi connectivity index (χ1) is 13.7. The third kappa shape index (κ3) is 4.92. The van der Waals surface area contributed by atoms with Gasteiger partial charge in [0.2, 0.25) is 10.0 Å². The largest absolute Gasteiger partial charge is 0.322 e. The summed E-state index contributed by atoms with van der Waals surface area (Å²) >= 11 is 0. The Hall–Kier alpha value is -2.51. The zero-order valence-corrected chi connectivity index (χ0v) is 17.7. The maximum atomic E-state index is 13.1. The van der Waals surface area contributed by atoms with Gasteiger partial charge in [-0.2, -0.15) is 4.31 Å². The summed E-state index contributed by atoms with van der Waals surface area (Å²) in [5.74, 6) is 0.149. The van der Waals surface area contributed by atoms with Crippen LogP contribution in [0.3, 0.4) is 0 Å². The third-order valence-electron chi connectivity index (χ3n) is 5.12. The Balaban J connectivity index is 1.79. The highest BCUT2D eigenvalue weighted by atomic mass is 32.2. The fraction of sp³-hybridized carbons (Fsp3) is 0.364. The zero-order valence-electron chi connectivity index (χ0n) is 16.9. The molecule has 0 bridgehead atoms. The summed E-state index contributed by atoms with van der Waals surface area (Å²) in [6.45, 7) is 6.57. The monoisotopic (exact) mass is 414 g/mol. The number of piperidine rings is 1. The van der Waals surface area contributed by atoms with Gasteiger partial charge in [-0.3, -0.25) is 9.59 Å². The predicted molar refractivity (Wildman–Crippen MR) is 113 cm³/mol. The molecule has 0 radical (unpaired) electrons. The van der Waals surface area contributed by atoms with E-state index in [9.17, 15) is 18.0 Å². The number of carbonyl (C=O) groups excluding carboxylic acids is 2. The summed E-state index contributed by atoms with van der Waals surface area (Å²) in [7, 11) is -3.66. The first-order valence-electron chi connectivity index (χ1n) is 9.69. The second kappa shape index (κ2) is 8.47. The number of amides is 1. The first kappa shape index (κ1) is 21.2. The lowest BCUT2D eigenvalue weighted by atomic mass is 9.94. The van der Waals surface area contributed by atoms with Gasteiger partial charge in [-0.25, -0.2) is 8.42 Å². The Bertz CT molecular complexity index is 1010. The van der Waals surface area contributed by atoms with Crippen molar-refractivity contribution in [3.63, 3.8) is 0 Å². The second-order valence-corrected chi connectivity index (χ2v) is 9.82. The fourth-order valence-electron chi connectivity index (χ4n) is 3.74. The highest BCUT2D eigenvalue weighted by molar-refractivity contribution is 7.89. The van der Waals surface area contributed by atoms with Crippen molar-refractivity contribution in [1.82, 2.24) is 4.31 Å². The summed E-state index contributed by atoms with van der Waals surface area (Å²) < 4.78 is 27.7. The molecule has 0 saturated carbocycles. The van der Waals surface area contributed by atoms with Crippen molar-refractivity contribution < 1.29 is 18.0 Å². The summed E-state index contributed by atoms with van der Waals surface area (Å²) in [6, 6.07) is 12.7. The van der Waals surface area contributed by atoms with Crippen LogP contribution in [-0.4, -0.2) is 37.5 Å². The van der Waals surface area contributed by atoms with Crippen LogP contribution in [0, 0.1) is 11.8 Å². The Morgan fingerprint density at radius 3 is 2.17 bits per heavy atom. The number of nitrogens with zero attached hydrogens (tertiary/aromatic N) is 1. The van der Waals surface area contributed by atoms with Gasteiger partial charge in [-0.05, 0) is 67.6 Å². The van der Waals surface area contributed by atoms with Crippen molar-refractivity contribution >= 4 is 27.4 Å². The van der Waals surface area contributed by atoms with E-state index in [1.807, 2.05) is 0 Å². The second-order valence-electron chi connectivity index (χ2n) is 7.88. The standard InChI is InChI=1S/C22H26N2O4S/c1-15-11-16(2)14-24(13-15)29(27,28)21-6-4-5-19(12-21)22(26)23-20-9-7-18(8-10-20)17(3)25/h4-10,12,15-16H,11,13-14H2,1-3H3,(H,23,26). The Morgan fingerprint density at radius 1 is 0.966 bits per heavy atom. The molecule has 1 saturated heterocycles. The van der Waals surface area contributed by atoms with E-state index in [4.69, 9.17) is 0 Å². The summed E-state index contributed by atoms with van der Waals surface area (Å²) in [5, 5.41) is 2.74. The zero-order chi connectivity index (χ0) is 21.2. The third-order valence-corrected chi connectivity index (χ3v) is 6.95. The molecule has 2 aromatic rings. The molecule has 29 heavy (non-hydrogen) atoms. The number of hydrogen-bond acceptors (Lipinski definition) is 4. The highest BCUT2D eigenvalue weighted by Gasteiger charge is 2.31. The minimum Gasteiger partial charge on any atom is -0.322 e. The Labute approximate surface area is 172 Å². The maximum absolute atomic E-state index is 13.1. The van der Waals surface area contributed by atoms with Crippen LogP contribution in [-0.2, 0) is 10.0 Å². The fourth-order valence-corrected chi connectivity index (χ4v) is 5.47. The number of rotatable bonds is 5. The van der Waals surface area contributed by atoms with Crippen LogP contribution in [0.15, 0.2) is 53.4 Å². The molecule has 1 heterocycles. The van der Waals surface area contributed by atoms with Crippen LogP contribution >= 0.6 is 0 Å². The van der Waals surface area contributed by atoms with Gasteiger partial charge in [0.05, 0.1) is 4.90 Å². The number of anilines is 1. The van der Waals surface area contributed by atoms with Crippen molar-refractivity contribution in [1.29, 1.82) is 0 Å². The lowest BCUT2D eigenvalue weighted by Crippen LogP contribution is -2.42. The van der Waals surface area contributed by atoms with Crippen molar-refractivity contribution in [2.45, 2.75) is 32.1 Å². The maximum Gasteiger partial charge on any atom is 0.255 e. The van der Waals surface area contributed by atoms with Gasteiger partial charge in [0.1, 0.15) is 0 Å². The molecule has 2 atom stereocenters. The topological polar surface area (TPSA) is 83.5 Å². The van der Waals surface area contributed by atoms with E-state index in [-0.39, 0.29) is 16.2 Å². The number of nitrogens with one attached hydrogen (secondary N) is 1. The van der Waals surface area contributed by atoms with Gasteiger partial charge in [0, 0.05) is 29.9 Å². The van der Waals surface area contributed by atoms with Crippen LogP contribution in [0.5, 0.6) is 0 Å². The molecule has 2 unspecified atom stereocenters. The van der Waals surface area contributed by atoms with Crippen molar-refractivity contribution in [3.8, 4) is 0 Å². The van der Waals surface area contributed by atoms with Gasteiger partial charge < -0.3 is 5.32 Å². The number of carbonyl (C=O) groups is 2. The molecular weight excluding hydrogens is 388 g/mol. The molecule has 154 valence electrons. The van der Waals surface area contributed by atoms with E-state index in [0.717, 1.165) is 6.42 Å². The average molecular weight is 415 g/mol. The van der Waals surface area contributed by atoms with Crippen LogP contribution in [0.4, 0.5) is 5.69 Å². The summed E-state index contributed by atoms with van der Waals surface area (Å²) in [6.07, 6.45) is 1.01. The quantitative estimate of drug-likeness (QED) is 0.754. The molecule has 3 rings (SSSR count). The number of sulfonamides is 1. The van der Waals surface area contributed by atoms with Gasteiger partial charge in [0.15, 0.2) is 5.78 Å². The number of Topliss-reactive ketones (excluding diaryl/α,β-unsaturated/α-hetero) is 1. The van der Waals surface area contributed by atoms with Crippen molar-refractivity contribution in [2.24, 2.45) is 11.8 Å². The minimum absolute atomic E-state index is 0.0536. The first-order valence-corrected chi connectivity index (χ1v) is 11.1. The molecule has 2 aromatic carbocycles. The molecule has 1 amide bonds. The normalized spacial score (nSPS) is 20.2. The number of benzene rings is 2. The van der Waals surface area contributed by atoms with Gasteiger partial charge in [-0.1, -0.05) is 19.9 Å². The molecule has 0 aliphatic carbocycles. The number of ketones is 1. The average Bonchev–Trinajstić information content (AvgIpc) is 2.67. The van der Waals surface area contributed by atoms with Gasteiger partial charge in [0.25, 0.3) is 5.91 Å². The molecule has 7 heteroatoms. The van der Waals surface area contributed by atoms with Gasteiger partial charge in [-0.15, -0.1) is 0 Å². The van der Waals surface area contributed by atoms with E-state index in [0.29, 0.717) is 36.2 Å². The van der Waals surface area contributed by atoms with E-state index >= 15 is 0 Å². The van der Waals surface area contributed by atoms with Crippen LogP contribution in [0.25, 0.3) is 0 Å². The van der Waals surface area contributed by atoms with Crippen molar-refractivity contribution in [3.05, 3.63) is 59.7 Å². The lowest BCUT2D eigenvalue weighted by molar-refractivity contribution is 0.101. The molecule has 1 aliphatic rings. The Morgan fingerprint density at radius 2 is 1.59 bits per heavy atom. The van der Waals surface area contributed by atoms with E-state index in [1.165, 1.54) is 23.4 Å². The lowest BCUT2D eigenvalue weighted by Gasteiger charge is -2.34. The molecule has 0 aromatic heterocycles. The predicted octanol–water partition coefficient (Wildman–Crippen LogP) is 3.81. The van der Waals surface area contributed by atoms with Crippen LogP contribution < -0.4 is 5.32 Å². The van der Waals surface area contributed by atoms with Gasteiger partial charge >= 0.3 is 0 Å². The smallest absolute Gasteiger partial charge is 0.255 e. The molecule has 1 N–H and O–H groups in total. The van der Waals surface area contributed by atoms with E-state index in [1.54, 1.807) is 36.4 Å². The minimum atomic E-state index is -3.66. The molecular formula is C22H26N2O4S. The van der Waals surface area contributed by atoms with Crippen LogP contribution in [0.1, 0.15) is 47.9 Å². The summed E-state index contributed by atoms with van der Waals surface area (Å²) in [4.78, 5) is 24.1. The molecule has 0 spiro atoms. The highest BCUT2D eigenvalue weighted by Crippen LogP contribution is 2.27. The van der Waals surface area contributed by atoms with Crippen molar-refractivity contribution in [2.75, 3.05) is 18.4 Å². The van der Waals surface area contributed by atoms with E-state index < -0.39 is 15.9 Å². The number of hydrogen-bond donors (Lipinski definition) is 1. The SMILES string of the molecule is CC(=O)c1ccc(NC(=O)c2cccc(S(=O)(=O)N3CC(C)CC(C)C3)c2)cc1. The van der Waals surface area contributed by atoms with E-state index in [2.05, 4.69) is 19.2 Å². The molecule has 1 aliphatic heterocycles. The molecule has 1 fully saturated rings. The Kier molecular flexibility index (Phi) is 6.19. The molecule has 6 nitrogen and oxygen atoms in total. The summed E-state index contributed by atoms with van der Waals surface area (Å²) in [5.41, 5.74) is 1.35.